The quantitative estimate of drug-likeness (QED) is 0.711. The van der Waals surface area contributed by atoms with Gasteiger partial charge in [-0.3, -0.25) is 4.79 Å². The predicted molar refractivity (Wildman–Crippen MR) is 78.0 cm³/mol. The van der Waals surface area contributed by atoms with Crippen LogP contribution >= 0.6 is 0 Å². The number of carbonyl (C=O) groups excluding carboxylic acids is 1. The maximum Gasteiger partial charge on any atom is 0.139 e. The van der Waals surface area contributed by atoms with Crippen LogP contribution in [0.25, 0.3) is 0 Å². The Hall–Kier alpha value is -0.370. The summed E-state index contributed by atoms with van der Waals surface area (Å²) in [5.74, 6) is 0.628. The lowest BCUT2D eigenvalue weighted by Crippen LogP contribution is -2.48. The first kappa shape index (κ1) is 15.0. The lowest BCUT2D eigenvalue weighted by molar-refractivity contribution is -0.143. The van der Waals surface area contributed by atoms with Crippen molar-refractivity contribution < 1.29 is 9.90 Å². The van der Waals surface area contributed by atoms with Gasteiger partial charge in [-0.2, -0.15) is 0 Å². The molecular weight excluding hydrogens is 236 g/mol. The van der Waals surface area contributed by atoms with Crippen molar-refractivity contribution >= 4 is 5.78 Å². The van der Waals surface area contributed by atoms with Crippen LogP contribution in [0.1, 0.15) is 84.0 Å². The molecule has 3 unspecified atom stereocenters. The number of hydrogen-bond donors (Lipinski definition) is 1. The number of carbonyl (C=O) groups is 1. The van der Waals surface area contributed by atoms with Crippen molar-refractivity contribution in [1.29, 1.82) is 0 Å². The number of rotatable bonds is 0. The third kappa shape index (κ3) is 4.05. The highest BCUT2D eigenvalue weighted by molar-refractivity contribution is 5.83. The molecule has 2 rings (SSSR count). The SMILES string of the molecule is CC1CC(=O)C2CCCCCCCCCCC2(O)C1. The van der Waals surface area contributed by atoms with E-state index in [1.807, 2.05) is 0 Å². The minimum Gasteiger partial charge on any atom is -0.389 e. The molecule has 0 amide bonds. The molecule has 0 spiro atoms. The van der Waals surface area contributed by atoms with Crippen molar-refractivity contribution in [3.05, 3.63) is 0 Å². The van der Waals surface area contributed by atoms with E-state index < -0.39 is 5.60 Å². The number of hydrogen-bond acceptors (Lipinski definition) is 2. The highest BCUT2D eigenvalue weighted by Gasteiger charge is 2.45. The summed E-state index contributed by atoms with van der Waals surface area (Å²) in [7, 11) is 0. The molecule has 2 nitrogen and oxygen atoms in total. The Balaban J connectivity index is 2.04. The summed E-state index contributed by atoms with van der Waals surface area (Å²) < 4.78 is 0. The van der Waals surface area contributed by atoms with Gasteiger partial charge in [0, 0.05) is 12.3 Å². The average molecular weight is 266 g/mol. The molecule has 0 aromatic rings. The largest absolute Gasteiger partial charge is 0.389 e. The molecule has 0 aromatic heterocycles. The summed E-state index contributed by atoms with van der Waals surface area (Å²) in [4.78, 5) is 12.3. The maximum absolute atomic E-state index is 12.3. The van der Waals surface area contributed by atoms with Crippen molar-refractivity contribution in [3.8, 4) is 0 Å². The van der Waals surface area contributed by atoms with Gasteiger partial charge < -0.3 is 5.11 Å². The molecule has 0 aliphatic heterocycles. The van der Waals surface area contributed by atoms with Crippen LogP contribution in [-0.4, -0.2) is 16.5 Å². The monoisotopic (exact) mass is 266 g/mol. The molecule has 2 aliphatic carbocycles. The summed E-state index contributed by atoms with van der Waals surface area (Å²) in [6.45, 7) is 2.11. The molecule has 110 valence electrons. The van der Waals surface area contributed by atoms with Gasteiger partial charge in [-0.05, 0) is 25.2 Å². The van der Waals surface area contributed by atoms with Crippen LogP contribution in [-0.2, 0) is 4.79 Å². The summed E-state index contributed by atoms with van der Waals surface area (Å²) in [5.41, 5.74) is -0.687. The fourth-order valence-electron chi connectivity index (χ4n) is 4.15. The van der Waals surface area contributed by atoms with E-state index in [-0.39, 0.29) is 5.92 Å². The second kappa shape index (κ2) is 6.88. The zero-order chi connectivity index (χ0) is 13.7. The van der Waals surface area contributed by atoms with Crippen molar-refractivity contribution in [3.63, 3.8) is 0 Å². The molecule has 3 atom stereocenters. The zero-order valence-electron chi connectivity index (χ0n) is 12.5. The van der Waals surface area contributed by atoms with Crippen LogP contribution in [0.2, 0.25) is 0 Å². The molecule has 2 aliphatic rings. The normalized spacial score (nSPS) is 38.9. The van der Waals surface area contributed by atoms with Crippen LogP contribution < -0.4 is 0 Å². The van der Waals surface area contributed by atoms with Gasteiger partial charge in [0.1, 0.15) is 5.78 Å². The number of Topliss-reactive ketones (excluding diaryl/α,β-unsaturated/α-hetero) is 1. The highest BCUT2D eigenvalue weighted by atomic mass is 16.3. The number of fused-ring (bicyclic) bond motifs is 1. The predicted octanol–water partition coefficient (Wildman–Crippen LogP) is 4.25. The van der Waals surface area contributed by atoms with E-state index in [9.17, 15) is 9.90 Å². The first-order chi connectivity index (χ1) is 9.12. The average Bonchev–Trinajstić information content (AvgIpc) is 2.32. The van der Waals surface area contributed by atoms with Crippen molar-refractivity contribution in [1.82, 2.24) is 0 Å². The highest BCUT2D eigenvalue weighted by Crippen LogP contribution is 2.41. The van der Waals surface area contributed by atoms with Crippen molar-refractivity contribution in [2.75, 3.05) is 0 Å². The summed E-state index contributed by atoms with van der Waals surface area (Å²) in [6.07, 6.45) is 13.2. The maximum atomic E-state index is 12.3. The molecule has 0 aromatic carbocycles. The smallest absolute Gasteiger partial charge is 0.139 e. The van der Waals surface area contributed by atoms with E-state index in [0.717, 1.165) is 32.1 Å². The van der Waals surface area contributed by atoms with Gasteiger partial charge in [-0.25, -0.2) is 0 Å². The lowest BCUT2D eigenvalue weighted by Gasteiger charge is -2.42. The topological polar surface area (TPSA) is 37.3 Å². The zero-order valence-corrected chi connectivity index (χ0v) is 12.5. The summed E-state index contributed by atoms with van der Waals surface area (Å²) in [5, 5.41) is 11.0. The first-order valence-electron chi connectivity index (χ1n) is 8.37. The van der Waals surface area contributed by atoms with Gasteiger partial charge in [0.05, 0.1) is 5.60 Å². The van der Waals surface area contributed by atoms with Crippen LogP contribution in [0, 0.1) is 11.8 Å². The summed E-state index contributed by atoms with van der Waals surface area (Å²) >= 11 is 0. The third-order valence-corrected chi connectivity index (χ3v) is 5.14. The molecule has 0 radical (unpaired) electrons. The Morgan fingerprint density at radius 3 is 2.26 bits per heavy atom. The fourth-order valence-corrected chi connectivity index (χ4v) is 4.15. The van der Waals surface area contributed by atoms with E-state index in [1.165, 1.54) is 38.5 Å². The third-order valence-electron chi connectivity index (χ3n) is 5.14. The van der Waals surface area contributed by atoms with Crippen LogP contribution in [0.4, 0.5) is 0 Å². The minimum atomic E-state index is -0.687. The Morgan fingerprint density at radius 2 is 1.58 bits per heavy atom. The van der Waals surface area contributed by atoms with E-state index in [1.54, 1.807) is 0 Å². The molecule has 0 heterocycles. The van der Waals surface area contributed by atoms with Crippen LogP contribution in [0.3, 0.4) is 0 Å². The van der Waals surface area contributed by atoms with Crippen LogP contribution in [0.5, 0.6) is 0 Å². The molecule has 2 saturated carbocycles. The van der Waals surface area contributed by atoms with E-state index >= 15 is 0 Å². The summed E-state index contributed by atoms with van der Waals surface area (Å²) in [6, 6.07) is 0. The van der Waals surface area contributed by atoms with Gasteiger partial charge >= 0.3 is 0 Å². The number of aliphatic hydroxyl groups is 1. The second-order valence-electron chi connectivity index (χ2n) is 7.00. The van der Waals surface area contributed by atoms with E-state index in [4.69, 9.17) is 0 Å². The van der Waals surface area contributed by atoms with E-state index in [2.05, 4.69) is 6.92 Å². The van der Waals surface area contributed by atoms with Gasteiger partial charge in [0.25, 0.3) is 0 Å². The van der Waals surface area contributed by atoms with Gasteiger partial charge in [-0.1, -0.05) is 58.3 Å². The first-order valence-corrected chi connectivity index (χ1v) is 8.37. The standard InChI is InChI=1S/C17H30O2/c1-14-12-16(18)15-10-8-6-4-2-3-5-7-9-11-17(15,19)13-14/h14-15,19H,2-13H2,1H3. The molecule has 2 heteroatoms. The van der Waals surface area contributed by atoms with Crippen molar-refractivity contribution in [2.24, 2.45) is 11.8 Å². The second-order valence-corrected chi connectivity index (χ2v) is 7.00. The fraction of sp³-hybridized carbons (Fsp3) is 0.941. The molecule has 1 N–H and O–H groups in total. The van der Waals surface area contributed by atoms with E-state index in [0.29, 0.717) is 18.1 Å². The molecule has 0 bridgehead atoms. The Kier molecular flexibility index (Phi) is 5.44. The Morgan fingerprint density at radius 1 is 1.00 bits per heavy atom. The van der Waals surface area contributed by atoms with Crippen LogP contribution in [0.15, 0.2) is 0 Å². The van der Waals surface area contributed by atoms with Crippen molar-refractivity contribution in [2.45, 2.75) is 89.6 Å². The molecule has 19 heavy (non-hydrogen) atoms. The number of ketones is 1. The minimum absolute atomic E-state index is 0.0665. The van der Waals surface area contributed by atoms with Gasteiger partial charge in [0.15, 0.2) is 0 Å². The molecular formula is C17H30O2. The Labute approximate surface area is 118 Å². The Bertz CT molecular complexity index is 300. The van der Waals surface area contributed by atoms with Gasteiger partial charge in [0.2, 0.25) is 0 Å². The molecule has 0 saturated heterocycles. The molecule has 2 fully saturated rings. The lowest BCUT2D eigenvalue weighted by atomic mass is 9.66. The van der Waals surface area contributed by atoms with Gasteiger partial charge in [-0.15, -0.1) is 0 Å².